The van der Waals surface area contributed by atoms with Crippen molar-refractivity contribution in [3.63, 3.8) is 0 Å². The van der Waals surface area contributed by atoms with E-state index in [-0.39, 0.29) is 0 Å². The van der Waals surface area contributed by atoms with Crippen molar-refractivity contribution >= 4 is 33.2 Å². The van der Waals surface area contributed by atoms with Gasteiger partial charge in [0.2, 0.25) is 0 Å². The number of aryl methyl sites for hydroxylation is 1. The first-order valence-corrected chi connectivity index (χ1v) is 5.84. The maximum absolute atomic E-state index is 6.17. The zero-order valence-electron chi connectivity index (χ0n) is 8.47. The average Bonchev–Trinajstić information content (AvgIpc) is 2.42. The number of benzene rings is 1. The predicted molar refractivity (Wildman–Crippen MR) is 63.5 cm³/mol. The van der Waals surface area contributed by atoms with Crippen LogP contribution in [0.15, 0.2) is 12.1 Å². The van der Waals surface area contributed by atoms with E-state index in [4.69, 9.17) is 11.6 Å². The highest BCUT2D eigenvalue weighted by atomic mass is 35.5. The van der Waals surface area contributed by atoms with Crippen molar-refractivity contribution in [2.24, 2.45) is 0 Å². The fraction of sp³-hybridized carbons (Fsp3) is 0.364. The normalized spacial score (nSPS) is 11.5. The Kier molecular flexibility index (Phi) is 2.50. The molecular formula is C11H12ClNS. The largest absolute Gasteiger partial charge is 0.241 e. The van der Waals surface area contributed by atoms with Gasteiger partial charge in [0.15, 0.2) is 0 Å². The fourth-order valence-electron chi connectivity index (χ4n) is 1.52. The summed E-state index contributed by atoms with van der Waals surface area (Å²) >= 11 is 7.89. The lowest BCUT2D eigenvalue weighted by Crippen LogP contribution is -1.87. The molecule has 1 nitrogen and oxygen atoms in total. The third kappa shape index (κ3) is 1.64. The standard InChI is InChI=1S/C11H12ClNS/c1-6(2)8-4-11-10(5-9(8)12)13-7(3)14-11/h4-6H,1-3H3. The predicted octanol–water partition coefficient (Wildman–Crippen LogP) is 4.38. The molecule has 3 heteroatoms. The number of hydrogen-bond donors (Lipinski definition) is 0. The van der Waals surface area contributed by atoms with Gasteiger partial charge in [-0.25, -0.2) is 4.98 Å². The second-order valence-corrected chi connectivity index (χ2v) is 5.37. The smallest absolute Gasteiger partial charge is 0.0907 e. The van der Waals surface area contributed by atoms with E-state index in [1.165, 1.54) is 10.3 Å². The van der Waals surface area contributed by atoms with Crippen molar-refractivity contribution in [2.45, 2.75) is 26.7 Å². The third-order valence-electron chi connectivity index (χ3n) is 2.24. The molecule has 0 fully saturated rings. The van der Waals surface area contributed by atoms with E-state index in [1.807, 2.05) is 13.0 Å². The third-order valence-corrected chi connectivity index (χ3v) is 3.50. The summed E-state index contributed by atoms with van der Waals surface area (Å²) < 4.78 is 1.23. The number of halogens is 1. The molecule has 0 saturated carbocycles. The van der Waals surface area contributed by atoms with Crippen molar-refractivity contribution < 1.29 is 0 Å². The molecule has 2 aromatic rings. The minimum absolute atomic E-state index is 0.467. The van der Waals surface area contributed by atoms with Crippen molar-refractivity contribution in [1.82, 2.24) is 4.98 Å². The molecule has 0 unspecified atom stereocenters. The molecule has 1 heterocycles. The summed E-state index contributed by atoms with van der Waals surface area (Å²) in [5, 5.41) is 1.93. The molecule has 74 valence electrons. The summed E-state index contributed by atoms with van der Waals surface area (Å²) in [7, 11) is 0. The number of nitrogens with zero attached hydrogens (tertiary/aromatic N) is 1. The van der Waals surface area contributed by atoms with Gasteiger partial charge in [-0.1, -0.05) is 25.4 Å². The summed E-state index contributed by atoms with van der Waals surface area (Å²) in [6.07, 6.45) is 0. The van der Waals surface area contributed by atoms with E-state index in [9.17, 15) is 0 Å². The molecule has 1 aromatic heterocycles. The Hall–Kier alpha value is -0.600. The van der Waals surface area contributed by atoms with Gasteiger partial charge in [-0.05, 0) is 30.5 Å². The van der Waals surface area contributed by atoms with Gasteiger partial charge in [-0.3, -0.25) is 0 Å². The quantitative estimate of drug-likeness (QED) is 0.702. The topological polar surface area (TPSA) is 12.9 Å². The molecule has 0 bridgehead atoms. The number of rotatable bonds is 1. The Morgan fingerprint density at radius 2 is 2.07 bits per heavy atom. The van der Waals surface area contributed by atoms with E-state index >= 15 is 0 Å². The highest BCUT2D eigenvalue weighted by Gasteiger charge is 2.09. The van der Waals surface area contributed by atoms with Crippen molar-refractivity contribution in [2.75, 3.05) is 0 Å². The first-order valence-electron chi connectivity index (χ1n) is 4.64. The van der Waals surface area contributed by atoms with Crippen LogP contribution in [-0.2, 0) is 0 Å². The van der Waals surface area contributed by atoms with E-state index < -0.39 is 0 Å². The van der Waals surface area contributed by atoms with Crippen molar-refractivity contribution in [3.8, 4) is 0 Å². The first kappa shape index (κ1) is 9.94. The van der Waals surface area contributed by atoms with Gasteiger partial charge in [0.1, 0.15) is 0 Å². The Bertz CT molecular complexity index is 473. The molecular weight excluding hydrogens is 214 g/mol. The second-order valence-electron chi connectivity index (χ2n) is 3.73. The molecule has 0 saturated heterocycles. The molecule has 0 aliphatic heterocycles. The van der Waals surface area contributed by atoms with Crippen molar-refractivity contribution in [1.29, 1.82) is 0 Å². The van der Waals surface area contributed by atoms with Gasteiger partial charge < -0.3 is 0 Å². The lowest BCUT2D eigenvalue weighted by Gasteiger charge is -2.07. The van der Waals surface area contributed by atoms with Gasteiger partial charge in [0, 0.05) is 5.02 Å². The van der Waals surface area contributed by atoms with E-state index in [2.05, 4.69) is 24.9 Å². The summed E-state index contributed by atoms with van der Waals surface area (Å²) in [4.78, 5) is 4.41. The fourth-order valence-corrected chi connectivity index (χ4v) is 2.76. The Morgan fingerprint density at radius 3 is 2.71 bits per heavy atom. The summed E-state index contributed by atoms with van der Waals surface area (Å²) in [5.74, 6) is 0.467. The lowest BCUT2D eigenvalue weighted by molar-refractivity contribution is 0.869. The minimum Gasteiger partial charge on any atom is -0.241 e. The number of aromatic nitrogens is 1. The van der Waals surface area contributed by atoms with Gasteiger partial charge in [0.05, 0.1) is 15.2 Å². The van der Waals surface area contributed by atoms with E-state index in [1.54, 1.807) is 11.3 Å². The van der Waals surface area contributed by atoms with Crippen molar-refractivity contribution in [3.05, 3.63) is 27.7 Å². The van der Waals surface area contributed by atoms with Gasteiger partial charge in [-0.15, -0.1) is 11.3 Å². The molecule has 0 aliphatic rings. The highest BCUT2D eigenvalue weighted by molar-refractivity contribution is 7.18. The zero-order chi connectivity index (χ0) is 10.3. The molecule has 1 aromatic carbocycles. The van der Waals surface area contributed by atoms with Gasteiger partial charge in [-0.2, -0.15) is 0 Å². The maximum Gasteiger partial charge on any atom is 0.0907 e. The number of fused-ring (bicyclic) bond motifs is 1. The molecule has 14 heavy (non-hydrogen) atoms. The number of thiazole rings is 1. The number of hydrogen-bond acceptors (Lipinski definition) is 2. The maximum atomic E-state index is 6.17. The molecule has 2 rings (SSSR count). The highest BCUT2D eigenvalue weighted by Crippen LogP contribution is 2.31. The molecule has 0 radical (unpaired) electrons. The zero-order valence-corrected chi connectivity index (χ0v) is 10.0. The van der Waals surface area contributed by atoms with Crippen LogP contribution in [0.3, 0.4) is 0 Å². The lowest BCUT2D eigenvalue weighted by atomic mass is 10.0. The second kappa shape index (κ2) is 3.52. The van der Waals surface area contributed by atoms with Crippen LogP contribution >= 0.6 is 22.9 Å². The van der Waals surface area contributed by atoms with Crippen LogP contribution in [0.5, 0.6) is 0 Å². The Balaban J connectivity index is 2.70. The van der Waals surface area contributed by atoms with Crippen LogP contribution in [0.25, 0.3) is 10.2 Å². The van der Waals surface area contributed by atoms with Gasteiger partial charge in [0.25, 0.3) is 0 Å². The Labute approximate surface area is 92.7 Å². The monoisotopic (exact) mass is 225 g/mol. The van der Waals surface area contributed by atoms with E-state index in [0.717, 1.165) is 15.5 Å². The van der Waals surface area contributed by atoms with E-state index in [0.29, 0.717) is 5.92 Å². The summed E-state index contributed by atoms with van der Waals surface area (Å²) in [6, 6.07) is 4.13. The molecule has 0 N–H and O–H groups in total. The van der Waals surface area contributed by atoms with Crippen LogP contribution in [-0.4, -0.2) is 4.98 Å². The van der Waals surface area contributed by atoms with Crippen LogP contribution < -0.4 is 0 Å². The molecule has 0 amide bonds. The molecule has 0 aliphatic carbocycles. The SMILES string of the molecule is Cc1nc2cc(Cl)c(C(C)C)cc2s1. The summed E-state index contributed by atoms with van der Waals surface area (Å²) in [6.45, 7) is 6.33. The van der Waals surface area contributed by atoms with Gasteiger partial charge >= 0.3 is 0 Å². The molecule has 0 spiro atoms. The average molecular weight is 226 g/mol. The van der Waals surface area contributed by atoms with Crippen LogP contribution in [0.1, 0.15) is 30.3 Å². The molecule has 0 atom stereocenters. The summed E-state index contributed by atoms with van der Waals surface area (Å²) in [5.41, 5.74) is 2.23. The first-order chi connectivity index (χ1) is 6.58. The van der Waals surface area contributed by atoms with Crippen LogP contribution in [0, 0.1) is 6.92 Å². The van der Waals surface area contributed by atoms with Crippen LogP contribution in [0.4, 0.5) is 0 Å². The minimum atomic E-state index is 0.467. The Morgan fingerprint density at radius 1 is 1.36 bits per heavy atom. The van der Waals surface area contributed by atoms with Crippen LogP contribution in [0.2, 0.25) is 5.02 Å².